The first-order valence-corrected chi connectivity index (χ1v) is 6.65. The van der Waals surface area contributed by atoms with Crippen LogP contribution in [0.25, 0.3) is 0 Å². The van der Waals surface area contributed by atoms with E-state index >= 15 is 0 Å². The minimum Gasteiger partial charge on any atom is -0.425 e. The third-order valence-corrected chi connectivity index (χ3v) is 4.02. The molecule has 1 saturated heterocycles. The van der Waals surface area contributed by atoms with Crippen LogP contribution < -0.4 is 15.4 Å². The summed E-state index contributed by atoms with van der Waals surface area (Å²) in [5, 5.41) is 5.55. The number of carbonyl (C=O) groups is 1. The topological polar surface area (TPSA) is 50.4 Å². The second-order valence-corrected chi connectivity index (χ2v) is 5.45. The van der Waals surface area contributed by atoms with E-state index in [1.807, 2.05) is 0 Å². The van der Waals surface area contributed by atoms with Crippen LogP contribution in [0.1, 0.15) is 12.8 Å². The highest BCUT2D eigenvalue weighted by Crippen LogP contribution is 2.50. The van der Waals surface area contributed by atoms with Crippen molar-refractivity contribution in [2.24, 2.45) is 5.41 Å². The van der Waals surface area contributed by atoms with Gasteiger partial charge in [-0.1, -0.05) is 18.2 Å². The third-order valence-electron chi connectivity index (χ3n) is 4.02. The molecular formula is C14H16F2N2O2. The van der Waals surface area contributed by atoms with Crippen molar-refractivity contribution in [3.05, 3.63) is 30.3 Å². The van der Waals surface area contributed by atoms with Crippen LogP contribution >= 0.6 is 0 Å². The fourth-order valence-corrected chi connectivity index (χ4v) is 2.62. The van der Waals surface area contributed by atoms with Crippen molar-refractivity contribution in [2.75, 3.05) is 13.1 Å². The normalized spacial score (nSPS) is 23.6. The number of nitrogens with one attached hydrogen (secondary N) is 2. The van der Waals surface area contributed by atoms with Crippen molar-refractivity contribution in [2.45, 2.75) is 25.0 Å². The summed E-state index contributed by atoms with van der Waals surface area (Å²) in [5.41, 5.74) is -0.0154. The summed E-state index contributed by atoms with van der Waals surface area (Å²) in [5.74, 6) is -1.40. The standard InChI is InChI=1S/C14H16F2N2O2/c15-14(16,20-10-4-2-1-3-5-10)12(19)18-11-8-17-9-13(11)6-7-13/h1-5,11,17H,6-9H2,(H,18,19). The van der Waals surface area contributed by atoms with Gasteiger partial charge in [-0.15, -0.1) is 0 Å². The van der Waals surface area contributed by atoms with Crippen LogP contribution in [0.3, 0.4) is 0 Å². The highest BCUT2D eigenvalue weighted by atomic mass is 19.3. The molecule has 1 amide bonds. The number of rotatable bonds is 4. The fourth-order valence-electron chi connectivity index (χ4n) is 2.62. The summed E-state index contributed by atoms with van der Waals surface area (Å²) in [6.07, 6.45) is -1.92. The Kier molecular flexibility index (Phi) is 3.12. The van der Waals surface area contributed by atoms with Gasteiger partial charge in [0.15, 0.2) is 0 Å². The molecule has 1 aromatic carbocycles. The summed E-state index contributed by atoms with van der Waals surface area (Å²) in [7, 11) is 0. The van der Waals surface area contributed by atoms with E-state index in [1.54, 1.807) is 18.2 Å². The van der Waals surface area contributed by atoms with E-state index < -0.39 is 12.0 Å². The van der Waals surface area contributed by atoms with Gasteiger partial charge < -0.3 is 15.4 Å². The lowest BCUT2D eigenvalue weighted by Crippen LogP contribution is -2.51. The number of alkyl halides is 2. The van der Waals surface area contributed by atoms with E-state index in [1.165, 1.54) is 12.1 Å². The average Bonchev–Trinajstić information content (AvgIpc) is 3.08. The Morgan fingerprint density at radius 1 is 1.35 bits per heavy atom. The molecule has 1 atom stereocenters. The Labute approximate surface area is 115 Å². The molecule has 1 saturated carbocycles. The zero-order chi connectivity index (χ0) is 14.2. The molecule has 6 heteroatoms. The quantitative estimate of drug-likeness (QED) is 0.880. The molecule has 3 rings (SSSR count). The SMILES string of the molecule is O=C(NC1CNCC12CC2)C(F)(F)Oc1ccccc1. The van der Waals surface area contributed by atoms with Gasteiger partial charge in [0, 0.05) is 24.5 Å². The predicted octanol–water partition coefficient (Wildman–Crippen LogP) is 1.53. The van der Waals surface area contributed by atoms with Gasteiger partial charge in [-0.05, 0) is 25.0 Å². The largest absolute Gasteiger partial charge is 0.482 e. The molecule has 1 aliphatic carbocycles. The maximum absolute atomic E-state index is 13.8. The zero-order valence-corrected chi connectivity index (χ0v) is 10.9. The van der Waals surface area contributed by atoms with Crippen molar-refractivity contribution in [3.8, 4) is 5.75 Å². The summed E-state index contributed by atoms with van der Waals surface area (Å²) in [4.78, 5) is 11.7. The van der Waals surface area contributed by atoms with Gasteiger partial charge in [-0.25, -0.2) is 0 Å². The van der Waals surface area contributed by atoms with Crippen LogP contribution in [-0.2, 0) is 4.79 Å². The molecule has 2 fully saturated rings. The monoisotopic (exact) mass is 282 g/mol. The van der Waals surface area contributed by atoms with Crippen molar-refractivity contribution in [1.82, 2.24) is 10.6 Å². The van der Waals surface area contributed by atoms with E-state index in [4.69, 9.17) is 0 Å². The number of para-hydroxylation sites is 1. The van der Waals surface area contributed by atoms with Crippen molar-refractivity contribution in [1.29, 1.82) is 0 Å². The number of benzene rings is 1. The van der Waals surface area contributed by atoms with Crippen molar-refractivity contribution in [3.63, 3.8) is 0 Å². The highest BCUT2D eigenvalue weighted by Gasteiger charge is 2.55. The summed E-state index contributed by atoms with van der Waals surface area (Å²) in [6, 6.07) is 7.38. The van der Waals surface area contributed by atoms with Gasteiger partial charge >= 0.3 is 12.0 Å². The number of carbonyl (C=O) groups excluding carboxylic acids is 1. The highest BCUT2D eigenvalue weighted by molar-refractivity contribution is 5.82. The summed E-state index contributed by atoms with van der Waals surface area (Å²) in [6.45, 7) is 1.32. The van der Waals surface area contributed by atoms with Crippen molar-refractivity contribution < 1.29 is 18.3 Å². The maximum Gasteiger partial charge on any atom is 0.482 e. The van der Waals surface area contributed by atoms with Gasteiger partial charge in [-0.2, -0.15) is 8.78 Å². The van der Waals surface area contributed by atoms with Gasteiger partial charge in [0.05, 0.1) is 0 Å². The Morgan fingerprint density at radius 3 is 2.70 bits per heavy atom. The lowest BCUT2D eigenvalue weighted by atomic mass is 10.0. The molecule has 108 valence electrons. The molecule has 2 N–H and O–H groups in total. The first kappa shape index (κ1) is 13.3. The van der Waals surface area contributed by atoms with Crippen LogP contribution in [0.5, 0.6) is 5.75 Å². The van der Waals surface area contributed by atoms with Crippen LogP contribution in [0.15, 0.2) is 30.3 Å². The Balaban J connectivity index is 1.63. The van der Waals surface area contributed by atoms with Crippen LogP contribution in [0.2, 0.25) is 0 Å². The van der Waals surface area contributed by atoms with E-state index in [2.05, 4.69) is 15.4 Å². The Bertz CT molecular complexity index is 503. The molecule has 1 heterocycles. The molecule has 4 nitrogen and oxygen atoms in total. The van der Waals surface area contributed by atoms with E-state index in [9.17, 15) is 13.6 Å². The predicted molar refractivity (Wildman–Crippen MR) is 68.5 cm³/mol. The van der Waals surface area contributed by atoms with E-state index in [-0.39, 0.29) is 17.2 Å². The molecule has 1 unspecified atom stereocenters. The summed E-state index contributed by atoms with van der Waals surface area (Å²) < 4.78 is 32.0. The van der Waals surface area contributed by atoms with Crippen molar-refractivity contribution >= 4 is 5.91 Å². The molecule has 1 aliphatic heterocycles. The number of ether oxygens (including phenoxy) is 1. The third kappa shape index (κ3) is 2.47. The van der Waals surface area contributed by atoms with Gasteiger partial charge in [-0.3, -0.25) is 4.79 Å². The van der Waals surface area contributed by atoms with E-state index in [0.29, 0.717) is 6.54 Å². The minimum atomic E-state index is -3.86. The molecule has 1 spiro atoms. The lowest BCUT2D eigenvalue weighted by Gasteiger charge is -2.23. The second-order valence-electron chi connectivity index (χ2n) is 5.45. The molecule has 2 aliphatic rings. The number of amides is 1. The zero-order valence-electron chi connectivity index (χ0n) is 10.9. The van der Waals surface area contributed by atoms with Crippen LogP contribution in [0.4, 0.5) is 8.78 Å². The van der Waals surface area contributed by atoms with Crippen LogP contribution in [0, 0.1) is 5.41 Å². The number of hydrogen-bond donors (Lipinski definition) is 2. The smallest absolute Gasteiger partial charge is 0.425 e. The molecule has 1 aromatic rings. The Morgan fingerprint density at radius 2 is 2.05 bits per heavy atom. The first-order valence-electron chi connectivity index (χ1n) is 6.65. The average molecular weight is 282 g/mol. The van der Waals surface area contributed by atoms with Gasteiger partial charge in [0.1, 0.15) is 5.75 Å². The minimum absolute atomic E-state index is 0.0154. The molecule has 0 bridgehead atoms. The maximum atomic E-state index is 13.8. The number of halogens is 2. The lowest BCUT2D eigenvalue weighted by molar-refractivity contribution is -0.193. The first-order chi connectivity index (χ1) is 9.52. The van der Waals surface area contributed by atoms with E-state index in [0.717, 1.165) is 19.4 Å². The molecule has 0 radical (unpaired) electrons. The number of hydrogen-bond acceptors (Lipinski definition) is 3. The summed E-state index contributed by atoms with van der Waals surface area (Å²) >= 11 is 0. The molecular weight excluding hydrogens is 266 g/mol. The van der Waals surface area contributed by atoms with Gasteiger partial charge in [0.25, 0.3) is 0 Å². The second kappa shape index (κ2) is 4.70. The Hall–Kier alpha value is -1.69. The fraction of sp³-hybridized carbons (Fsp3) is 0.500. The molecule has 20 heavy (non-hydrogen) atoms. The van der Waals surface area contributed by atoms with Crippen LogP contribution in [-0.4, -0.2) is 31.1 Å². The van der Waals surface area contributed by atoms with Gasteiger partial charge in [0.2, 0.25) is 0 Å². The molecule has 0 aromatic heterocycles.